The number of para-hydroxylation sites is 1. The monoisotopic (exact) mass is 279 g/mol. The van der Waals surface area contributed by atoms with Crippen LogP contribution in [-0.4, -0.2) is 4.98 Å². The van der Waals surface area contributed by atoms with Gasteiger partial charge in [-0.1, -0.05) is 35.9 Å². The number of hydrogen-bond donors (Lipinski definition) is 0. The Bertz CT molecular complexity index is 912. The summed E-state index contributed by atoms with van der Waals surface area (Å²) in [6, 6.07) is 15.8. The van der Waals surface area contributed by atoms with Gasteiger partial charge >= 0.3 is 0 Å². The maximum absolute atomic E-state index is 6.27. The molecule has 0 N–H and O–H groups in total. The third-order valence-corrected chi connectivity index (χ3v) is 3.63. The van der Waals surface area contributed by atoms with Crippen LogP contribution in [0.2, 0.25) is 5.02 Å². The lowest BCUT2D eigenvalue weighted by Crippen LogP contribution is -1.80. The molecule has 0 aliphatic heterocycles. The number of furan rings is 1. The van der Waals surface area contributed by atoms with Crippen LogP contribution in [0.15, 0.2) is 65.3 Å². The topological polar surface area (TPSA) is 26.0 Å². The molecule has 20 heavy (non-hydrogen) atoms. The van der Waals surface area contributed by atoms with Gasteiger partial charge in [-0.2, -0.15) is 0 Å². The number of fused-ring (bicyclic) bond motifs is 3. The van der Waals surface area contributed by atoms with Crippen molar-refractivity contribution in [2.24, 2.45) is 0 Å². The molecule has 96 valence electrons. The van der Waals surface area contributed by atoms with E-state index in [9.17, 15) is 0 Å². The molecule has 0 saturated heterocycles. The van der Waals surface area contributed by atoms with Crippen LogP contribution in [0.4, 0.5) is 0 Å². The van der Waals surface area contributed by atoms with Crippen LogP contribution in [0.1, 0.15) is 0 Å². The van der Waals surface area contributed by atoms with Crippen molar-refractivity contribution < 1.29 is 4.42 Å². The highest BCUT2D eigenvalue weighted by molar-refractivity contribution is 6.32. The number of rotatable bonds is 1. The van der Waals surface area contributed by atoms with Gasteiger partial charge in [0.2, 0.25) is 0 Å². The average Bonchev–Trinajstić information content (AvgIpc) is 2.86. The van der Waals surface area contributed by atoms with E-state index < -0.39 is 0 Å². The fourth-order valence-electron chi connectivity index (χ4n) is 2.53. The Morgan fingerprint density at radius 2 is 1.85 bits per heavy atom. The summed E-state index contributed by atoms with van der Waals surface area (Å²) in [4.78, 5) is 4.17. The Kier molecular flexibility index (Phi) is 2.51. The van der Waals surface area contributed by atoms with Crippen molar-refractivity contribution in [2.45, 2.75) is 0 Å². The van der Waals surface area contributed by atoms with Crippen molar-refractivity contribution in [3.05, 3.63) is 65.9 Å². The van der Waals surface area contributed by atoms with Crippen molar-refractivity contribution >= 4 is 33.5 Å². The first kappa shape index (κ1) is 11.5. The zero-order valence-corrected chi connectivity index (χ0v) is 11.3. The first-order valence-corrected chi connectivity index (χ1v) is 6.72. The highest BCUT2D eigenvalue weighted by Crippen LogP contribution is 2.37. The molecule has 0 unspecified atom stereocenters. The van der Waals surface area contributed by atoms with Crippen LogP contribution >= 0.6 is 11.6 Å². The summed E-state index contributed by atoms with van der Waals surface area (Å²) < 4.78 is 6.01. The predicted molar refractivity (Wildman–Crippen MR) is 82.0 cm³/mol. The number of halogens is 1. The number of benzene rings is 2. The molecule has 0 saturated carbocycles. The minimum atomic E-state index is 0.697. The van der Waals surface area contributed by atoms with E-state index in [0.29, 0.717) is 5.02 Å². The van der Waals surface area contributed by atoms with E-state index in [0.717, 1.165) is 33.1 Å². The van der Waals surface area contributed by atoms with Gasteiger partial charge in [-0.05, 0) is 24.3 Å². The smallest absolute Gasteiger partial charge is 0.143 e. The molecule has 4 aromatic rings. The minimum absolute atomic E-state index is 0.697. The van der Waals surface area contributed by atoms with Crippen molar-refractivity contribution in [1.29, 1.82) is 0 Å². The Morgan fingerprint density at radius 3 is 2.70 bits per heavy atom. The Balaban J connectivity index is 2.16. The fourth-order valence-corrected chi connectivity index (χ4v) is 2.75. The lowest BCUT2D eigenvalue weighted by atomic mass is 10.0. The summed E-state index contributed by atoms with van der Waals surface area (Å²) in [6.07, 6.45) is 3.57. The van der Waals surface area contributed by atoms with Gasteiger partial charge in [0.05, 0.1) is 0 Å². The molecule has 2 aromatic heterocycles. The van der Waals surface area contributed by atoms with Gasteiger partial charge in [-0.15, -0.1) is 0 Å². The van der Waals surface area contributed by atoms with Crippen LogP contribution in [0.25, 0.3) is 33.1 Å². The lowest BCUT2D eigenvalue weighted by Gasteiger charge is -2.03. The molecular weight excluding hydrogens is 270 g/mol. The van der Waals surface area contributed by atoms with Gasteiger partial charge < -0.3 is 4.42 Å². The molecular formula is C17H10ClNO. The van der Waals surface area contributed by atoms with Crippen LogP contribution in [-0.2, 0) is 0 Å². The van der Waals surface area contributed by atoms with Crippen molar-refractivity contribution in [1.82, 2.24) is 4.98 Å². The maximum atomic E-state index is 6.27. The van der Waals surface area contributed by atoms with Gasteiger partial charge in [0, 0.05) is 39.3 Å². The van der Waals surface area contributed by atoms with Crippen LogP contribution in [0, 0.1) is 0 Å². The van der Waals surface area contributed by atoms with Gasteiger partial charge in [-0.25, -0.2) is 0 Å². The second-order valence-corrected chi connectivity index (χ2v) is 5.11. The van der Waals surface area contributed by atoms with Crippen LogP contribution in [0.3, 0.4) is 0 Å². The van der Waals surface area contributed by atoms with Crippen LogP contribution in [0.5, 0.6) is 0 Å². The van der Waals surface area contributed by atoms with Crippen molar-refractivity contribution in [2.75, 3.05) is 0 Å². The molecule has 3 heteroatoms. The Labute approximate surface area is 120 Å². The van der Waals surface area contributed by atoms with E-state index in [2.05, 4.69) is 4.98 Å². The maximum Gasteiger partial charge on any atom is 0.143 e. The Morgan fingerprint density at radius 1 is 0.950 bits per heavy atom. The second-order valence-electron chi connectivity index (χ2n) is 4.67. The van der Waals surface area contributed by atoms with Gasteiger partial charge in [-0.3, -0.25) is 4.98 Å². The third kappa shape index (κ3) is 1.69. The SMILES string of the molecule is Clc1cc(-c2cccnc2)c2oc3ccccc3c2c1. The molecule has 0 amide bonds. The largest absolute Gasteiger partial charge is 0.455 e. The zero-order valence-electron chi connectivity index (χ0n) is 10.5. The summed E-state index contributed by atoms with van der Waals surface area (Å²) in [7, 11) is 0. The summed E-state index contributed by atoms with van der Waals surface area (Å²) in [5, 5.41) is 2.81. The molecule has 0 fully saturated rings. The minimum Gasteiger partial charge on any atom is -0.455 e. The predicted octanol–water partition coefficient (Wildman–Crippen LogP) is 5.30. The Hall–Kier alpha value is -2.32. The summed E-state index contributed by atoms with van der Waals surface area (Å²) in [5.74, 6) is 0. The molecule has 0 spiro atoms. The van der Waals surface area contributed by atoms with Crippen molar-refractivity contribution in [3.8, 4) is 11.1 Å². The first-order chi connectivity index (χ1) is 9.83. The highest BCUT2D eigenvalue weighted by Gasteiger charge is 2.13. The van der Waals surface area contributed by atoms with E-state index in [4.69, 9.17) is 16.0 Å². The zero-order chi connectivity index (χ0) is 13.5. The number of pyridine rings is 1. The van der Waals surface area contributed by atoms with Gasteiger partial charge in [0.15, 0.2) is 0 Å². The fraction of sp³-hybridized carbons (Fsp3) is 0. The third-order valence-electron chi connectivity index (χ3n) is 3.42. The number of aromatic nitrogens is 1. The van der Waals surface area contributed by atoms with Gasteiger partial charge in [0.25, 0.3) is 0 Å². The molecule has 2 nitrogen and oxygen atoms in total. The van der Waals surface area contributed by atoms with E-state index in [1.54, 1.807) is 6.20 Å². The number of nitrogens with zero attached hydrogens (tertiary/aromatic N) is 1. The molecule has 2 aromatic carbocycles. The molecule has 2 heterocycles. The molecule has 0 bridgehead atoms. The summed E-state index contributed by atoms with van der Waals surface area (Å²) in [5.41, 5.74) is 3.69. The first-order valence-electron chi connectivity index (χ1n) is 6.34. The van der Waals surface area contributed by atoms with E-state index in [1.165, 1.54) is 0 Å². The standard InChI is InChI=1S/C17H10ClNO/c18-12-8-14(11-4-3-7-19-10-11)17-15(9-12)13-5-1-2-6-16(13)20-17/h1-10H. The summed E-state index contributed by atoms with van der Waals surface area (Å²) in [6.45, 7) is 0. The summed E-state index contributed by atoms with van der Waals surface area (Å²) >= 11 is 6.27. The molecule has 0 aliphatic carbocycles. The van der Waals surface area contributed by atoms with E-state index >= 15 is 0 Å². The van der Waals surface area contributed by atoms with Crippen molar-refractivity contribution in [3.63, 3.8) is 0 Å². The van der Waals surface area contributed by atoms with E-state index in [1.807, 2.05) is 54.7 Å². The molecule has 4 rings (SSSR count). The lowest BCUT2D eigenvalue weighted by molar-refractivity contribution is 0.670. The normalized spacial score (nSPS) is 11.2. The quantitative estimate of drug-likeness (QED) is 0.472. The molecule has 0 radical (unpaired) electrons. The van der Waals surface area contributed by atoms with Crippen LogP contribution < -0.4 is 0 Å². The van der Waals surface area contributed by atoms with E-state index in [-0.39, 0.29) is 0 Å². The van der Waals surface area contributed by atoms with Gasteiger partial charge in [0.1, 0.15) is 11.2 Å². The number of hydrogen-bond acceptors (Lipinski definition) is 2. The molecule has 0 atom stereocenters. The highest BCUT2D eigenvalue weighted by atomic mass is 35.5. The average molecular weight is 280 g/mol. The second kappa shape index (κ2) is 4.36. The molecule has 0 aliphatic rings.